The molecule has 2 aromatic rings. The van der Waals surface area contributed by atoms with Gasteiger partial charge in [0.1, 0.15) is 12.1 Å². The van der Waals surface area contributed by atoms with Gasteiger partial charge >= 0.3 is 0 Å². The lowest BCUT2D eigenvalue weighted by atomic mass is 10.2. The molecule has 2 aliphatic heterocycles. The van der Waals surface area contributed by atoms with Crippen LogP contribution in [0.25, 0.3) is 0 Å². The fourth-order valence-corrected chi connectivity index (χ4v) is 3.75. The molecule has 1 atom stereocenters. The van der Waals surface area contributed by atoms with Gasteiger partial charge in [0.25, 0.3) is 5.91 Å². The molecule has 0 radical (unpaired) electrons. The zero-order chi connectivity index (χ0) is 20.2. The number of piperazine rings is 1. The SMILES string of the molecule is O=C(c1coc(CN2CCN(c3ccccc3F)CC2)n1)N1CCOCC1CO. The number of carbonyl (C=O) groups is 1. The summed E-state index contributed by atoms with van der Waals surface area (Å²) in [6.45, 7) is 4.43. The number of nitrogens with zero attached hydrogens (tertiary/aromatic N) is 4. The van der Waals surface area contributed by atoms with Gasteiger partial charge in [-0.05, 0) is 12.1 Å². The van der Waals surface area contributed by atoms with Crippen molar-refractivity contribution >= 4 is 11.6 Å². The predicted octanol–water partition coefficient (Wildman–Crippen LogP) is 0.969. The van der Waals surface area contributed by atoms with Crippen molar-refractivity contribution in [2.45, 2.75) is 12.6 Å². The molecule has 2 aliphatic rings. The topological polar surface area (TPSA) is 82.3 Å². The van der Waals surface area contributed by atoms with E-state index in [0.717, 1.165) is 13.1 Å². The first kappa shape index (κ1) is 19.8. The van der Waals surface area contributed by atoms with E-state index in [1.54, 1.807) is 17.0 Å². The number of ether oxygens (including phenoxy) is 1. The lowest BCUT2D eigenvalue weighted by Gasteiger charge is -2.35. The highest BCUT2D eigenvalue weighted by molar-refractivity contribution is 5.92. The molecule has 1 unspecified atom stereocenters. The van der Waals surface area contributed by atoms with Crippen molar-refractivity contribution in [1.82, 2.24) is 14.8 Å². The van der Waals surface area contributed by atoms with Crippen molar-refractivity contribution in [1.29, 1.82) is 0 Å². The van der Waals surface area contributed by atoms with Gasteiger partial charge in [-0.2, -0.15) is 0 Å². The summed E-state index contributed by atoms with van der Waals surface area (Å²) < 4.78 is 24.8. The first-order valence-electron chi connectivity index (χ1n) is 9.81. The number of aromatic nitrogens is 1. The predicted molar refractivity (Wildman–Crippen MR) is 103 cm³/mol. The second-order valence-corrected chi connectivity index (χ2v) is 7.25. The van der Waals surface area contributed by atoms with Gasteiger partial charge in [0.15, 0.2) is 5.69 Å². The number of oxazole rings is 1. The van der Waals surface area contributed by atoms with Crippen molar-refractivity contribution in [3.05, 3.63) is 47.9 Å². The third kappa shape index (κ3) is 4.42. The molecular formula is C20H25FN4O4. The van der Waals surface area contributed by atoms with Crippen LogP contribution in [0.5, 0.6) is 0 Å². The molecule has 2 saturated heterocycles. The number of halogens is 1. The number of morpholine rings is 1. The molecule has 0 saturated carbocycles. The maximum absolute atomic E-state index is 14.0. The van der Waals surface area contributed by atoms with Crippen LogP contribution < -0.4 is 4.90 Å². The molecule has 2 fully saturated rings. The van der Waals surface area contributed by atoms with Crippen molar-refractivity contribution < 1.29 is 23.4 Å². The van der Waals surface area contributed by atoms with Crippen LogP contribution in [0.2, 0.25) is 0 Å². The number of hydrogen-bond donors (Lipinski definition) is 1. The minimum absolute atomic E-state index is 0.150. The van der Waals surface area contributed by atoms with Crippen molar-refractivity contribution in [2.24, 2.45) is 0 Å². The highest BCUT2D eigenvalue weighted by Crippen LogP contribution is 2.21. The van der Waals surface area contributed by atoms with Crippen LogP contribution in [0.4, 0.5) is 10.1 Å². The third-order valence-corrected chi connectivity index (χ3v) is 5.39. The normalized spacial score (nSPS) is 20.8. The van der Waals surface area contributed by atoms with Gasteiger partial charge in [-0.3, -0.25) is 9.69 Å². The quantitative estimate of drug-likeness (QED) is 0.795. The summed E-state index contributed by atoms with van der Waals surface area (Å²) in [6.07, 6.45) is 1.37. The van der Waals surface area contributed by atoms with E-state index in [9.17, 15) is 14.3 Å². The van der Waals surface area contributed by atoms with Gasteiger partial charge in [0.2, 0.25) is 5.89 Å². The number of benzene rings is 1. The highest BCUT2D eigenvalue weighted by Gasteiger charge is 2.29. The fourth-order valence-electron chi connectivity index (χ4n) is 3.75. The van der Waals surface area contributed by atoms with Crippen LogP contribution in [-0.2, 0) is 11.3 Å². The third-order valence-electron chi connectivity index (χ3n) is 5.39. The average molecular weight is 404 g/mol. The first-order valence-corrected chi connectivity index (χ1v) is 9.81. The number of para-hydroxylation sites is 1. The molecule has 1 aromatic carbocycles. The Morgan fingerprint density at radius 3 is 2.76 bits per heavy atom. The summed E-state index contributed by atoms with van der Waals surface area (Å²) in [4.78, 5) is 22.8. The standard InChI is InChI=1S/C20H25FN4O4/c21-16-3-1-2-4-18(16)24-7-5-23(6-8-24)11-19-22-17(14-29-19)20(27)25-9-10-28-13-15(25)12-26/h1-4,14-15,26H,5-13H2. The summed E-state index contributed by atoms with van der Waals surface area (Å²) in [5.74, 6) is 0.00863. The van der Waals surface area contributed by atoms with E-state index < -0.39 is 0 Å². The van der Waals surface area contributed by atoms with Crippen molar-refractivity contribution in [3.8, 4) is 0 Å². The van der Waals surface area contributed by atoms with Gasteiger partial charge in [0.05, 0.1) is 38.1 Å². The maximum atomic E-state index is 14.0. The smallest absolute Gasteiger partial charge is 0.276 e. The molecule has 1 amide bonds. The Balaban J connectivity index is 1.33. The van der Waals surface area contributed by atoms with E-state index in [0.29, 0.717) is 51.0 Å². The largest absolute Gasteiger partial charge is 0.447 e. The Kier molecular flexibility index (Phi) is 6.08. The van der Waals surface area contributed by atoms with Gasteiger partial charge in [-0.1, -0.05) is 12.1 Å². The Morgan fingerprint density at radius 1 is 1.21 bits per heavy atom. The zero-order valence-corrected chi connectivity index (χ0v) is 16.2. The number of aliphatic hydroxyl groups excluding tert-OH is 1. The summed E-state index contributed by atoms with van der Waals surface area (Å²) in [6, 6.07) is 6.44. The summed E-state index contributed by atoms with van der Waals surface area (Å²) in [5.41, 5.74) is 0.866. The van der Waals surface area contributed by atoms with Crippen molar-refractivity contribution in [3.63, 3.8) is 0 Å². The van der Waals surface area contributed by atoms with Crippen LogP contribution >= 0.6 is 0 Å². The molecule has 3 heterocycles. The van der Waals surface area contributed by atoms with Crippen LogP contribution in [0.15, 0.2) is 34.9 Å². The molecule has 29 heavy (non-hydrogen) atoms. The molecule has 0 aliphatic carbocycles. The second kappa shape index (κ2) is 8.89. The monoisotopic (exact) mass is 404 g/mol. The van der Waals surface area contributed by atoms with E-state index in [1.165, 1.54) is 12.3 Å². The highest BCUT2D eigenvalue weighted by atomic mass is 19.1. The first-order chi connectivity index (χ1) is 14.2. The van der Waals surface area contributed by atoms with Gasteiger partial charge in [-0.15, -0.1) is 0 Å². The van der Waals surface area contributed by atoms with Crippen LogP contribution in [-0.4, -0.2) is 84.4 Å². The van der Waals surface area contributed by atoms with Crippen molar-refractivity contribution in [2.75, 3.05) is 57.4 Å². The number of hydrogen-bond acceptors (Lipinski definition) is 7. The number of rotatable bonds is 5. The molecule has 0 bridgehead atoms. The van der Waals surface area contributed by atoms with Crippen LogP contribution in [0, 0.1) is 5.82 Å². The van der Waals surface area contributed by atoms with E-state index in [-0.39, 0.29) is 30.1 Å². The lowest BCUT2D eigenvalue weighted by Crippen LogP contribution is -2.50. The number of amides is 1. The Morgan fingerprint density at radius 2 is 2.00 bits per heavy atom. The number of carbonyl (C=O) groups excluding carboxylic acids is 1. The number of anilines is 1. The van der Waals surface area contributed by atoms with E-state index in [4.69, 9.17) is 9.15 Å². The summed E-state index contributed by atoms with van der Waals surface area (Å²) in [7, 11) is 0. The van der Waals surface area contributed by atoms with Crippen LogP contribution in [0.3, 0.4) is 0 Å². The molecule has 8 nitrogen and oxygen atoms in total. The van der Waals surface area contributed by atoms with Crippen LogP contribution in [0.1, 0.15) is 16.4 Å². The second-order valence-electron chi connectivity index (χ2n) is 7.25. The molecular weight excluding hydrogens is 379 g/mol. The molecule has 156 valence electrons. The Bertz CT molecular complexity index is 837. The molecule has 0 spiro atoms. The number of aliphatic hydroxyl groups is 1. The van der Waals surface area contributed by atoms with E-state index >= 15 is 0 Å². The van der Waals surface area contributed by atoms with E-state index in [1.807, 2.05) is 11.0 Å². The zero-order valence-electron chi connectivity index (χ0n) is 16.2. The summed E-state index contributed by atoms with van der Waals surface area (Å²) >= 11 is 0. The van der Waals surface area contributed by atoms with E-state index in [2.05, 4.69) is 9.88 Å². The molecule has 4 rings (SSSR count). The molecule has 1 N–H and O–H groups in total. The molecule has 1 aromatic heterocycles. The van der Waals surface area contributed by atoms with Gasteiger partial charge in [-0.25, -0.2) is 9.37 Å². The summed E-state index contributed by atoms with van der Waals surface area (Å²) in [5, 5.41) is 9.45. The fraction of sp³-hybridized carbons (Fsp3) is 0.500. The van der Waals surface area contributed by atoms with Gasteiger partial charge in [0, 0.05) is 32.7 Å². The Hall–Kier alpha value is -2.49. The minimum Gasteiger partial charge on any atom is -0.447 e. The lowest BCUT2D eigenvalue weighted by molar-refractivity contribution is -0.0186. The average Bonchev–Trinajstić information content (AvgIpc) is 3.23. The Labute approximate surface area is 168 Å². The minimum atomic E-state index is -0.358. The maximum Gasteiger partial charge on any atom is 0.276 e. The molecule has 9 heteroatoms. The van der Waals surface area contributed by atoms with Gasteiger partial charge < -0.3 is 24.1 Å².